The maximum atomic E-state index is 11.7. The Bertz CT molecular complexity index is 662. The van der Waals surface area contributed by atoms with Crippen molar-refractivity contribution < 1.29 is 18.0 Å². The number of sulfone groups is 1. The van der Waals surface area contributed by atoms with E-state index in [1.807, 2.05) is 0 Å². The summed E-state index contributed by atoms with van der Waals surface area (Å²) in [6.07, 6.45) is 1.79. The number of aromatic nitrogens is 1. The van der Waals surface area contributed by atoms with Crippen LogP contribution < -0.4 is 10.6 Å². The number of nitrogens with one attached hydrogen (secondary N) is 2. The summed E-state index contributed by atoms with van der Waals surface area (Å²) in [7, 11) is -3.05. The van der Waals surface area contributed by atoms with Crippen LogP contribution in [0.3, 0.4) is 0 Å². The van der Waals surface area contributed by atoms with E-state index in [-0.39, 0.29) is 29.8 Å². The Morgan fingerprint density at radius 2 is 2.19 bits per heavy atom. The molecule has 0 aliphatic carbocycles. The Morgan fingerprint density at radius 3 is 2.81 bits per heavy atom. The number of halogens is 1. The number of pyridine rings is 1. The van der Waals surface area contributed by atoms with E-state index in [2.05, 4.69) is 15.6 Å². The highest BCUT2D eigenvalue weighted by molar-refractivity contribution is 7.91. The molecule has 9 heteroatoms. The summed E-state index contributed by atoms with van der Waals surface area (Å²) in [6, 6.07) is 2.54. The average Bonchev–Trinajstić information content (AvgIpc) is 2.75. The highest BCUT2D eigenvalue weighted by atomic mass is 35.5. The molecular weight excluding hydrogens is 318 g/mol. The van der Waals surface area contributed by atoms with Crippen molar-refractivity contribution in [2.24, 2.45) is 0 Å². The SMILES string of the molecule is O=C(CNC(=O)c1cc(Cl)ccn1)NC1CCS(=O)(=O)C1. The van der Waals surface area contributed by atoms with E-state index >= 15 is 0 Å². The van der Waals surface area contributed by atoms with Crippen molar-refractivity contribution in [3.05, 3.63) is 29.0 Å². The van der Waals surface area contributed by atoms with Gasteiger partial charge in [0.1, 0.15) is 5.69 Å². The van der Waals surface area contributed by atoms with Crippen LogP contribution in [0, 0.1) is 0 Å². The monoisotopic (exact) mass is 331 g/mol. The summed E-state index contributed by atoms with van der Waals surface area (Å²) in [6.45, 7) is -0.246. The maximum Gasteiger partial charge on any atom is 0.270 e. The predicted octanol–water partition coefficient (Wildman–Crippen LogP) is -0.232. The normalized spacial score (nSPS) is 20.0. The summed E-state index contributed by atoms with van der Waals surface area (Å²) in [5.41, 5.74) is 0.110. The van der Waals surface area contributed by atoms with E-state index < -0.39 is 21.7 Å². The lowest BCUT2D eigenvalue weighted by Crippen LogP contribution is -2.42. The van der Waals surface area contributed by atoms with Gasteiger partial charge in [0.05, 0.1) is 18.1 Å². The zero-order valence-electron chi connectivity index (χ0n) is 11.0. The lowest BCUT2D eigenvalue weighted by atomic mass is 10.2. The molecule has 1 aromatic rings. The van der Waals surface area contributed by atoms with Crippen LogP contribution in [0.5, 0.6) is 0 Å². The van der Waals surface area contributed by atoms with E-state index in [9.17, 15) is 18.0 Å². The summed E-state index contributed by atoms with van der Waals surface area (Å²) in [4.78, 5) is 27.2. The average molecular weight is 332 g/mol. The zero-order valence-corrected chi connectivity index (χ0v) is 12.6. The van der Waals surface area contributed by atoms with Gasteiger partial charge in [0, 0.05) is 17.3 Å². The molecule has 2 heterocycles. The Kier molecular flexibility index (Phi) is 4.79. The molecule has 1 saturated heterocycles. The van der Waals surface area contributed by atoms with Gasteiger partial charge in [0.25, 0.3) is 5.91 Å². The fraction of sp³-hybridized carbons (Fsp3) is 0.417. The van der Waals surface area contributed by atoms with E-state index in [1.54, 1.807) is 0 Å². The van der Waals surface area contributed by atoms with Crippen LogP contribution in [0.1, 0.15) is 16.9 Å². The summed E-state index contributed by atoms with van der Waals surface area (Å²) < 4.78 is 22.5. The molecule has 114 valence electrons. The van der Waals surface area contributed by atoms with Crippen LogP contribution in [0.15, 0.2) is 18.3 Å². The molecule has 1 atom stereocenters. The van der Waals surface area contributed by atoms with Crippen molar-refractivity contribution in [2.75, 3.05) is 18.1 Å². The molecule has 7 nitrogen and oxygen atoms in total. The second-order valence-electron chi connectivity index (χ2n) is 4.71. The van der Waals surface area contributed by atoms with Crippen LogP contribution >= 0.6 is 11.6 Å². The maximum absolute atomic E-state index is 11.7. The van der Waals surface area contributed by atoms with Crippen LogP contribution in [0.4, 0.5) is 0 Å². The second-order valence-corrected chi connectivity index (χ2v) is 7.37. The van der Waals surface area contributed by atoms with Crippen LogP contribution in [-0.4, -0.2) is 49.3 Å². The van der Waals surface area contributed by atoms with E-state index in [1.165, 1.54) is 18.3 Å². The first-order chi connectivity index (χ1) is 9.85. The number of nitrogens with zero attached hydrogens (tertiary/aromatic N) is 1. The lowest BCUT2D eigenvalue weighted by Gasteiger charge is -2.11. The van der Waals surface area contributed by atoms with Crippen molar-refractivity contribution in [1.29, 1.82) is 0 Å². The highest BCUT2D eigenvalue weighted by Crippen LogP contribution is 2.11. The van der Waals surface area contributed by atoms with Gasteiger partial charge >= 0.3 is 0 Å². The zero-order chi connectivity index (χ0) is 15.5. The number of rotatable bonds is 4. The first-order valence-corrected chi connectivity index (χ1v) is 8.45. The van der Waals surface area contributed by atoms with E-state index in [4.69, 9.17) is 11.6 Å². The van der Waals surface area contributed by atoms with Crippen molar-refractivity contribution in [2.45, 2.75) is 12.5 Å². The van der Waals surface area contributed by atoms with Crippen molar-refractivity contribution in [1.82, 2.24) is 15.6 Å². The van der Waals surface area contributed by atoms with Gasteiger partial charge in [-0.3, -0.25) is 14.6 Å². The third kappa shape index (κ3) is 4.68. The molecule has 1 aliphatic rings. The molecule has 0 spiro atoms. The topological polar surface area (TPSA) is 105 Å². The quantitative estimate of drug-likeness (QED) is 0.792. The Morgan fingerprint density at radius 1 is 1.43 bits per heavy atom. The van der Waals surface area contributed by atoms with Crippen LogP contribution in [0.25, 0.3) is 0 Å². The first-order valence-electron chi connectivity index (χ1n) is 6.25. The van der Waals surface area contributed by atoms with E-state index in [0.29, 0.717) is 11.4 Å². The fourth-order valence-electron chi connectivity index (χ4n) is 1.97. The van der Waals surface area contributed by atoms with Crippen molar-refractivity contribution in [3.8, 4) is 0 Å². The van der Waals surface area contributed by atoms with Crippen LogP contribution in [-0.2, 0) is 14.6 Å². The number of carbonyl (C=O) groups excluding carboxylic acids is 2. The van der Waals surface area contributed by atoms with Gasteiger partial charge in [-0.05, 0) is 18.6 Å². The minimum absolute atomic E-state index is 0.0530. The number of carbonyl (C=O) groups is 2. The molecule has 1 fully saturated rings. The predicted molar refractivity (Wildman–Crippen MR) is 76.8 cm³/mol. The molecule has 2 amide bonds. The minimum atomic E-state index is -3.05. The van der Waals surface area contributed by atoms with Gasteiger partial charge < -0.3 is 10.6 Å². The first kappa shape index (κ1) is 15.7. The standard InChI is InChI=1S/C12H14ClN3O4S/c13-8-1-3-14-10(5-8)12(18)15-6-11(17)16-9-2-4-21(19,20)7-9/h1,3,5,9H,2,4,6-7H2,(H,15,18)(H,16,17). The van der Waals surface area contributed by atoms with Gasteiger partial charge in [-0.15, -0.1) is 0 Å². The Hall–Kier alpha value is -1.67. The largest absolute Gasteiger partial charge is 0.351 e. The molecule has 1 unspecified atom stereocenters. The van der Waals surface area contributed by atoms with Crippen molar-refractivity contribution >= 4 is 33.3 Å². The second kappa shape index (κ2) is 6.40. The molecule has 2 rings (SSSR count). The molecule has 0 aromatic carbocycles. The fourth-order valence-corrected chi connectivity index (χ4v) is 3.80. The highest BCUT2D eigenvalue weighted by Gasteiger charge is 2.28. The smallest absolute Gasteiger partial charge is 0.270 e. The third-order valence-electron chi connectivity index (χ3n) is 2.96. The summed E-state index contributed by atoms with van der Waals surface area (Å²) >= 11 is 5.74. The Balaban J connectivity index is 1.80. The molecule has 2 N–H and O–H groups in total. The van der Waals surface area contributed by atoms with Gasteiger partial charge in [-0.25, -0.2) is 8.42 Å². The van der Waals surface area contributed by atoms with Gasteiger partial charge in [0.2, 0.25) is 5.91 Å². The van der Waals surface area contributed by atoms with Gasteiger partial charge in [-0.2, -0.15) is 0 Å². The molecule has 0 radical (unpaired) electrons. The number of amides is 2. The molecular formula is C12H14ClN3O4S. The molecule has 1 aromatic heterocycles. The molecule has 21 heavy (non-hydrogen) atoms. The summed E-state index contributed by atoms with van der Waals surface area (Å²) in [5, 5.41) is 5.34. The summed E-state index contributed by atoms with van der Waals surface area (Å²) in [5.74, 6) is -0.932. The van der Waals surface area contributed by atoms with E-state index in [0.717, 1.165) is 0 Å². The van der Waals surface area contributed by atoms with Crippen LogP contribution in [0.2, 0.25) is 5.02 Å². The molecule has 1 aliphatic heterocycles. The van der Waals surface area contributed by atoms with Gasteiger partial charge in [0.15, 0.2) is 9.84 Å². The Labute approximate surface area is 127 Å². The van der Waals surface area contributed by atoms with Crippen molar-refractivity contribution in [3.63, 3.8) is 0 Å². The lowest BCUT2D eigenvalue weighted by molar-refractivity contribution is -0.120. The number of hydrogen-bond acceptors (Lipinski definition) is 5. The number of hydrogen-bond donors (Lipinski definition) is 2. The molecule has 0 bridgehead atoms. The molecule has 0 saturated carbocycles. The third-order valence-corrected chi connectivity index (χ3v) is 4.96. The van der Waals surface area contributed by atoms with Gasteiger partial charge in [-0.1, -0.05) is 11.6 Å². The minimum Gasteiger partial charge on any atom is -0.351 e.